The lowest BCUT2D eigenvalue weighted by Crippen LogP contribution is -2.03. The lowest BCUT2D eigenvalue weighted by Gasteiger charge is -2.01. The average molecular weight is 227 g/mol. The maximum atomic E-state index is 6.00. The van der Waals surface area contributed by atoms with Crippen molar-refractivity contribution < 1.29 is 4.74 Å². The summed E-state index contributed by atoms with van der Waals surface area (Å²) in [5.41, 5.74) is 0.661. The van der Waals surface area contributed by atoms with Gasteiger partial charge in [0.25, 0.3) is 0 Å². The number of rotatable bonds is 4. The quantitative estimate of drug-likeness (QED) is 0.739. The van der Waals surface area contributed by atoms with E-state index in [1.807, 2.05) is 6.92 Å². The highest BCUT2D eigenvalue weighted by Crippen LogP contribution is 2.11. The van der Waals surface area contributed by atoms with Crippen LogP contribution in [0.15, 0.2) is 12.4 Å². The summed E-state index contributed by atoms with van der Waals surface area (Å²) in [5, 5.41) is 8.52. The van der Waals surface area contributed by atoms with Gasteiger partial charge < -0.3 is 4.74 Å². The third kappa shape index (κ3) is 2.08. The normalized spacial score (nSPS) is 11.1. The van der Waals surface area contributed by atoms with Crippen LogP contribution in [0.25, 0.3) is 5.65 Å². The predicted molar refractivity (Wildman–Crippen MR) is 56.0 cm³/mol. The smallest absolute Gasteiger partial charge is 0.180 e. The molecule has 2 rings (SSSR count). The van der Waals surface area contributed by atoms with Crippen LogP contribution < -0.4 is 0 Å². The standard InChI is InChI=1S/C9H11ClN4O/c1-2-15-4-3-8-12-13-9-6-11-5-7(10)14(8)9/h5-6H,2-4H2,1H3. The first-order chi connectivity index (χ1) is 7.33. The van der Waals surface area contributed by atoms with Crippen molar-refractivity contribution in [2.24, 2.45) is 0 Å². The molecule has 0 saturated heterocycles. The van der Waals surface area contributed by atoms with E-state index in [-0.39, 0.29) is 0 Å². The van der Waals surface area contributed by atoms with E-state index in [1.54, 1.807) is 16.8 Å². The minimum atomic E-state index is 0.518. The number of fused-ring (bicyclic) bond motifs is 1. The minimum absolute atomic E-state index is 0.518. The summed E-state index contributed by atoms with van der Waals surface area (Å²) in [6, 6.07) is 0. The SMILES string of the molecule is CCOCCc1nnc2cncc(Cl)n12. The monoisotopic (exact) mass is 226 g/mol. The van der Waals surface area contributed by atoms with Gasteiger partial charge >= 0.3 is 0 Å². The second kappa shape index (κ2) is 4.55. The molecule has 0 aliphatic heterocycles. The zero-order valence-electron chi connectivity index (χ0n) is 8.35. The molecule has 5 nitrogen and oxygen atoms in total. The largest absolute Gasteiger partial charge is 0.381 e. The highest BCUT2D eigenvalue weighted by Gasteiger charge is 2.07. The van der Waals surface area contributed by atoms with Gasteiger partial charge in [-0.1, -0.05) is 11.6 Å². The molecule has 0 aliphatic rings. The summed E-state index contributed by atoms with van der Waals surface area (Å²) >= 11 is 6.00. The molecule has 2 aromatic rings. The molecule has 0 atom stereocenters. The first kappa shape index (κ1) is 10.3. The first-order valence-electron chi connectivity index (χ1n) is 4.74. The molecule has 0 amide bonds. The van der Waals surface area contributed by atoms with Crippen molar-refractivity contribution in [2.75, 3.05) is 13.2 Å². The Morgan fingerprint density at radius 3 is 3.07 bits per heavy atom. The Labute approximate surface area is 92.1 Å². The van der Waals surface area contributed by atoms with Gasteiger partial charge in [0.05, 0.1) is 19.0 Å². The van der Waals surface area contributed by atoms with Crippen LogP contribution in [0, 0.1) is 0 Å². The van der Waals surface area contributed by atoms with E-state index < -0.39 is 0 Å². The van der Waals surface area contributed by atoms with E-state index >= 15 is 0 Å². The number of hydrogen-bond acceptors (Lipinski definition) is 4. The van der Waals surface area contributed by atoms with Crippen molar-refractivity contribution in [3.8, 4) is 0 Å². The summed E-state index contributed by atoms with van der Waals surface area (Å²) in [6.07, 6.45) is 3.89. The molecule has 0 fully saturated rings. The van der Waals surface area contributed by atoms with E-state index in [9.17, 15) is 0 Å². The van der Waals surface area contributed by atoms with E-state index in [0.29, 0.717) is 30.4 Å². The highest BCUT2D eigenvalue weighted by molar-refractivity contribution is 6.29. The Morgan fingerprint density at radius 2 is 2.27 bits per heavy atom. The minimum Gasteiger partial charge on any atom is -0.381 e. The number of nitrogens with zero attached hydrogens (tertiary/aromatic N) is 4. The molecule has 0 aromatic carbocycles. The van der Waals surface area contributed by atoms with E-state index in [4.69, 9.17) is 16.3 Å². The van der Waals surface area contributed by atoms with Crippen molar-refractivity contribution in [3.05, 3.63) is 23.4 Å². The molecule has 15 heavy (non-hydrogen) atoms. The molecule has 0 bridgehead atoms. The summed E-state index contributed by atoms with van der Waals surface area (Å²) in [4.78, 5) is 3.94. The highest BCUT2D eigenvalue weighted by atomic mass is 35.5. The number of ether oxygens (including phenoxy) is 1. The van der Waals surface area contributed by atoms with Crippen LogP contribution in [0.1, 0.15) is 12.7 Å². The topological polar surface area (TPSA) is 52.3 Å². The molecule has 0 saturated carbocycles. The third-order valence-corrected chi connectivity index (χ3v) is 2.28. The Hall–Kier alpha value is -1.20. The molecule has 6 heteroatoms. The fraction of sp³-hybridized carbons (Fsp3) is 0.444. The van der Waals surface area contributed by atoms with Crippen molar-refractivity contribution in [1.82, 2.24) is 19.6 Å². The Bertz CT molecular complexity index is 456. The molecule has 0 N–H and O–H groups in total. The predicted octanol–water partition coefficient (Wildman–Crippen LogP) is 1.36. The van der Waals surface area contributed by atoms with E-state index in [0.717, 1.165) is 5.82 Å². The number of hydrogen-bond donors (Lipinski definition) is 0. The van der Waals surface area contributed by atoms with Crippen LogP contribution in [-0.4, -0.2) is 32.8 Å². The van der Waals surface area contributed by atoms with E-state index in [2.05, 4.69) is 15.2 Å². The van der Waals surface area contributed by atoms with Crippen molar-refractivity contribution >= 4 is 17.2 Å². The van der Waals surface area contributed by atoms with Gasteiger partial charge in [-0.3, -0.25) is 9.38 Å². The summed E-state index contributed by atoms with van der Waals surface area (Å²) < 4.78 is 7.03. The molecule has 2 aromatic heterocycles. The van der Waals surface area contributed by atoms with Gasteiger partial charge in [-0.25, -0.2) is 0 Å². The van der Waals surface area contributed by atoms with Gasteiger partial charge in [0.15, 0.2) is 5.65 Å². The fourth-order valence-corrected chi connectivity index (χ4v) is 1.58. The molecule has 0 radical (unpaired) electrons. The van der Waals surface area contributed by atoms with Crippen LogP contribution in [0.3, 0.4) is 0 Å². The van der Waals surface area contributed by atoms with Gasteiger partial charge in [0.2, 0.25) is 0 Å². The Kier molecular flexibility index (Phi) is 3.13. The Balaban J connectivity index is 2.27. The molecule has 0 unspecified atom stereocenters. The second-order valence-electron chi connectivity index (χ2n) is 2.99. The summed E-state index contributed by atoms with van der Waals surface area (Å²) in [5.74, 6) is 0.797. The molecule has 0 aliphatic carbocycles. The summed E-state index contributed by atoms with van der Waals surface area (Å²) in [6.45, 7) is 3.28. The zero-order chi connectivity index (χ0) is 10.7. The second-order valence-corrected chi connectivity index (χ2v) is 3.37. The van der Waals surface area contributed by atoms with Gasteiger partial charge in [-0.05, 0) is 6.92 Å². The van der Waals surface area contributed by atoms with Crippen LogP contribution in [0.4, 0.5) is 0 Å². The van der Waals surface area contributed by atoms with Gasteiger partial charge in [0, 0.05) is 13.0 Å². The van der Waals surface area contributed by atoms with Gasteiger partial charge in [-0.2, -0.15) is 0 Å². The molecule has 2 heterocycles. The molecule has 0 spiro atoms. The third-order valence-electron chi connectivity index (χ3n) is 2.01. The molecular weight excluding hydrogens is 216 g/mol. The van der Waals surface area contributed by atoms with Crippen LogP contribution in [0.2, 0.25) is 5.15 Å². The average Bonchev–Trinajstić information content (AvgIpc) is 2.63. The molecular formula is C9H11ClN4O. The van der Waals surface area contributed by atoms with Crippen LogP contribution in [-0.2, 0) is 11.2 Å². The Morgan fingerprint density at radius 1 is 1.40 bits per heavy atom. The van der Waals surface area contributed by atoms with Crippen LogP contribution in [0.5, 0.6) is 0 Å². The zero-order valence-corrected chi connectivity index (χ0v) is 9.11. The van der Waals surface area contributed by atoms with E-state index in [1.165, 1.54) is 0 Å². The summed E-state index contributed by atoms with van der Waals surface area (Å²) in [7, 11) is 0. The first-order valence-corrected chi connectivity index (χ1v) is 5.12. The number of aromatic nitrogens is 4. The van der Waals surface area contributed by atoms with Gasteiger partial charge in [0.1, 0.15) is 11.0 Å². The van der Waals surface area contributed by atoms with Crippen molar-refractivity contribution in [1.29, 1.82) is 0 Å². The number of halogens is 1. The molecule has 80 valence electrons. The van der Waals surface area contributed by atoms with Gasteiger partial charge in [-0.15, -0.1) is 10.2 Å². The maximum Gasteiger partial charge on any atom is 0.180 e. The van der Waals surface area contributed by atoms with Crippen molar-refractivity contribution in [3.63, 3.8) is 0 Å². The van der Waals surface area contributed by atoms with Crippen molar-refractivity contribution in [2.45, 2.75) is 13.3 Å². The van der Waals surface area contributed by atoms with Crippen LogP contribution >= 0.6 is 11.6 Å². The maximum absolute atomic E-state index is 6.00. The lowest BCUT2D eigenvalue weighted by molar-refractivity contribution is 0.149. The fourth-order valence-electron chi connectivity index (χ4n) is 1.34. The lowest BCUT2D eigenvalue weighted by atomic mass is 10.4.